The van der Waals surface area contributed by atoms with Gasteiger partial charge in [0.2, 0.25) is 0 Å². The Bertz CT molecular complexity index is 352. The predicted molar refractivity (Wildman–Crippen MR) is 135 cm³/mol. The highest BCUT2D eigenvalue weighted by Gasteiger charge is 2.23. The van der Waals surface area contributed by atoms with E-state index in [1.807, 2.05) is 0 Å². The first-order valence-electron chi connectivity index (χ1n) is 13.3. The molecule has 0 aliphatic heterocycles. The van der Waals surface area contributed by atoms with Crippen LogP contribution in [-0.4, -0.2) is 20.2 Å². The Balaban J connectivity index is 0. The van der Waals surface area contributed by atoms with Crippen LogP contribution >= 0.6 is 7.82 Å². The largest absolute Gasteiger partial charge is 0.466 e. The fourth-order valence-corrected chi connectivity index (χ4v) is 4.15. The Morgan fingerprint density at radius 2 is 0.710 bits per heavy atom. The Labute approximate surface area is 194 Å². The molecule has 190 valence electrons. The molecule has 0 radical (unpaired) electrons. The van der Waals surface area contributed by atoms with Gasteiger partial charge >= 0.3 is 7.82 Å². The van der Waals surface area contributed by atoms with Crippen molar-refractivity contribution in [2.75, 3.05) is 0 Å². The molecule has 5 nitrogen and oxygen atoms in total. The van der Waals surface area contributed by atoms with E-state index in [0.29, 0.717) is 0 Å². The van der Waals surface area contributed by atoms with Gasteiger partial charge in [-0.05, 0) is 19.3 Å². The second-order valence-electron chi connectivity index (χ2n) is 9.43. The average Bonchev–Trinajstić information content (AvgIpc) is 2.69. The quantitative estimate of drug-likeness (QED) is 0.101. The molecular weight excluding hydrogens is 409 g/mol. The van der Waals surface area contributed by atoms with Gasteiger partial charge in [0.25, 0.3) is 0 Å². The standard InChI is InChI=1S/C25H53N.H3O4P/c1-4-7-10-13-16-19-22-25(26,23-20-17-14-11-8-5-2)24-21-18-15-12-9-6-3;1-5(2,3)4/h4-24,26H2,1-3H3;(H3,1,2,3,4). The summed E-state index contributed by atoms with van der Waals surface area (Å²) in [5, 5.41) is 0. The third-order valence-corrected chi connectivity index (χ3v) is 6.08. The summed E-state index contributed by atoms with van der Waals surface area (Å²) in [7, 11) is -4.64. The van der Waals surface area contributed by atoms with E-state index in [2.05, 4.69) is 20.8 Å². The van der Waals surface area contributed by atoms with Crippen molar-refractivity contribution in [1.82, 2.24) is 0 Å². The molecule has 0 aliphatic rings. The third kappa shape index (κ3) is 32.3. The maximum atomic E-state index is 8.88. The van der Waals surface area contributed by atoms with Gasteiger partial charge in [-0.1, -0.05) is 136 Å². The topological polar surface area (TPSA) is 104 Å². The number of hydrogen-bond donors (Lipinski definition) is 4. The summed E-state index contributed by atoms with van der Waals surface area (Å²) in [6, 6.07) is 0. The number of nitrogens with two attached hydrogens (primary N) is 1. The summed E-state index contributed by atoms with van der Waals surface area (Å²) in [4.78, 5) is 21.6. The van der Waals surface area contributed by atoms with E-state index >= 15 is 0 Å². The Kier molecular flexibility index (Phi) is 24.9. The van der Waals surface area contributed by atoms with Gasteiger partial charge in [-0.15, -0.1) is 0 Å². The van der Waals surface area contributed by atoms with Gasteiger partial charge in [-0.2, -0.15) is 0 Å². The zero-order valence-corrected chi connectivity index (χ0v) is 22.0. The second kappa shape index (κ2) is 23.2. The van der Waals surface area contributed by atoms with Crippen molar-refractivity contribution < 1.29 is 19.2 Å². The first-order valence-corrected chi connectivity index (χ1v) is 14.8. The molecule has 0 aromatic heterocycles. The molecule has 0 aromatic rings. The molecule has 0 aromatic carbocycles. The first-order chi connectivity index (χ1) is 14.7. The minimum Gasteiger partial charge on any atom is -0.325 e. The molecule has 0 rings (SSSR count). The van der Waals surface area contributed by atoms with Crippen molar-refractivity contribution in [1.29, 1.82) is 0 Å². The van der Waals surface area contributed by atoms with Crippen molar-refractivity contribution in [2.24, 2.45) is 5.73 Å². The lowest BCUT2D eigenvalue weighted by atomic mass is 9.82. The van der Waals surface area contributed by atoms with E-state index in [4.69, 9.17) is 25.0 Å². The van der Waals surface area contributed by atoms with E-state index in [1.54, 1.807) is 0 Å². The highest BCUT2D eigenvalue weighted by molar-refractivity contribution is 7.45. The molecule has 0 fully saturated rings. The van der Waals surface area contributed by atoms with E-state index in [0.717, 1.165) is 0 Å². The van der Waals surface area contributed by atoms with Gasteiger partial charge in [-0.25, -0.2) is 4.57 Å². The Morgan fingerprint density at radius 1 is 0.516 bits per heavy atom. The van der Waals surface area contributed by atoms with Crippen LogP contribution in [0, 0.1) is 0 Å². The normalized spacial score (nSPS) is 12.0. The Morgan fingerprint density at radius 3 is 0.935 bits per heavy atom. The molecule has 0 atom stereocenters. The fraction of sp³-hybridized carbons (Fsp3) is 1.00. The smallest absolute Gasteiger partial charge is 0.325 e. The molecule has 0 unspecified atom stereocenters. The number of rotatable bonds is 21. The van der Waals surface area contributed by atoms with Gasteiger partial charge < -0.3 is 20.4 Å². The van der Waals surface area contributed by atoms with Crippen molar-refractivity contribution in [3.05, 3.63) is 0 Å². The lowest BCUT2D eigenvalue weighted by Gasteiger charge is -2.30. The summed E-state index contributed by atoms with van der Waals surface area (Å²) in [5.41, 5.74) is 7.06. The third-order valence-electron chi connectivity index (χ3n) is 6.08. The van der Waals surface area contributed by atoms with Crippen molar-refractivity contribution in [2.45, 2.75) is 161 Å². The molecular formula is C25H56NO4P. The second-order valence-corrected chi connectivity index (χ2v) is 10.5. The highest BCUT2D eigenvalue weighted by Crippen LogP contribution is 2.27. The van der Waals surface area contributed by atoms with Crippen molar-refractivity contribution in [3.63, 3.8) is 0 Å². The zero-order chi connectivity index (χ0) is 23.8. The number of hydrogen-bond acceptors (Lipinski definition) is 2. The molecule has 0 aliphatic carbocycles. The lowest BCUT2D eigenvalue weighted by Crippen LogP contribution is -2.39. The molecule has 0 bridgehead atoms. The van der Waals surface area contributed by atoms with Crippen LogP contribution in [-0.2, 0) is 4.57 Å². The van der Waals surface area contributed by atoms with Crippen LogP contribution in [0.1, 0.15) is 156 Å². The van der Waals surface area contributed by atoms with Crippen molar-refractivity contribution in [3.8, 4) is 0 Å². The van der Waals surface area contributed by atoms with Crippen LogP contribution in [0.15, 0.2) is 0 Å². The number of phosphoric acid groups is 1. The molecule has 5 N–H and O–H groups in total. The Hall–Kier alpha value is 0.0700. The van der Waals surface area contributed by atoms with Gasteiger partial charge in [0.15, 0.2) is 0 Å². The van der Waals surface area contributed by atoms with Crippen LogP contribution in [0.3, 0.4) is 0 Å². The van der Waals surface area contributed by atoms with Crippen LogP contribution in [0.4, 0.5) is 0 Å². The maximum Gasteiger partial charge on any atom is 0.466 e. The molecule has 0 amide bonds. The molecule has 0 saturated carbocycles. The first kappa shape index (κ1) is 33.2. The van der Waals surface area contributed by atoms with Gasteiger partial charge in [-0.3, -0.25) is 0 Å². The maximum absolute atomic E-state index is 8.88. The van der Waals surface area contributed by atoms with E-state index < -0.39 is 7.82 Å². The summed E-state index contributed by atoms with van der Waals surface area (Å²) in [6.45, 7) is 6.89. The summed E-state index contributed by atoms with van der Waals surface area (Å²) in [5.74, 6) is 0. The van der Waals surface area contributed by atoms with Crippen LogP contribution in [0.25, 0.3) is 0 Å². The summed E-state index contributed by atoms with van der Waals surface area (Å²) >= 11 is 0. The lowest BCUT2D eigenvalue weighted by molar-refractivity contribution is 0.275. The minimum absolute atomic E-state index is 0.139. The fourth-order valence-electron chi connectivity index (χ4n) is 4.15. The van der Waals surface area contributed by atoms with E-state index in [9.17, 15) is 0 Å². The molecule has 0 spiro atoms. The molecule has 31 heavy (non-hydrogen) atoms. The van der Waals surface area contributed by atoms with Crippen LogP contribution in [0.2, 0.25) is 0 Å². The monoisotopic (exact) mass is 465 g/mol. The number of unbranched alkanes of at least 4 members (excludes halogenated alkanes) is 15. The van der Waals surface area contributed by atoms with Crippen molar-refractivity contribution >= 4 is 7.82 Å². The summed E-state index contributed by atoms with van der Waals surface area (Å²) in [6.07, 6.45) is 28.8. The van der Waals surface area contributed by atoms with Gasteiger partial charge in [0.1, 0.15) is 0 Å². The zero-order valence-electron chi connectivity index (χ0n) is 21.1. The highest BCUT2D eigenvalue weighted by atomic mass is 31.2. The SMILES string of the molecule is CCCCCCCCC(N)(CCCCCCCC)CCCCCCCC.O=P(O)(O)O. The van der Waals surface area contributed by atoms with E-state index in [1.165, 1.54) is 135 Å². The molecule has 0 heterocycles. The summed E-state index contributed by atoms with van der Waals surface area (Å²) < 4.78 is 8.88. The van der Waals surface area contributed by atoms with Crippen LogP contribution < -0.4 is 5.73 Å². The van der Waals surface area contributed by atoms with Gasteiger partial charge in [0, 0.05) is 5.54 Å². The predicted octanol–water partition coefficient (Wildman–Crippen LogP) is 8.01. The average molecular weight is 466 g/mol. The minimum atomic E-state index is -4.64. The van der Waals surface area contributed by atoms with E-state index in [-0.39, 0.29) is 5.54 Å². The molecule has 0 saturated heterocycles. The molecule has 6 heteroatoms. The van der Waals surface area contributed by atoms with Crippen LogP contribution in [0.5, 0.6) is 0 Å². The van der Waals surface area contributed by atoms with Gasteiger partial charge in [0.05, 0.1) is 0 Å².